The maximum Gasteiger partial charge on any atom is 0.165 e. The Hall–Kier alpha value is -2.50. The molecule has 2 N–H and O–H groups in total. The fourth-order valence-electron chi connectivity index (χ4n) is 3.30. The highest BCUT2D eigenvalue weighted by molar-refractivity contribution is 6.30. The van der Waals surface area contributed by atoms with E-state index in [1.54, 1.807) is 12.4 Å². The summed E-state index contributed by atoms with van der Waals surface area (Å²) in [7, 11) is 0. The summed E-state index contributed by atoms with van der Waals surface area (Å²) < 4.78 is 5.83. The lowest BCUT2D eigenvalue weighted by molar-refractivity contribution is 0.215. The molecule has 2 aromatic carbocycles. The van der Waals surface area contributed by atoms with E-state index < -0.39 is 0 Å². The maximum atomic E-state index is 10.5. The van der Waals surface area contributed by atoms with Crippen molar-refractivity contribution in [3.63, 3.8) is 0 Å². The fourth-order valence-corrected chi connectivity index (χ4v) is 3.49. The van der Waals surface area contributed by atoms with Gasteiger partial charge in [-0.1, -0.05) is 23.7 Å². The Morgan fingerprint density at radius 2 is 2.15 bits per heavy atom. The van der Waals surface area contributed by atoms with Gasteiger partial charge in [0.2, 0.25) is 0 Å². The normalized spacial score (nSPS) is 14.5. The minimum Gasteiger partial charge on any atom is -0.504 e. The van der Waals surface area contributed by atoms with Gasteiger partial charge in [-0.2, -0.15) is 0 Å². The third-order valence-corrected chi connectivity index (χ3v) is 4.90. The molecule has 5 nitrogen and oxygen atoms in total. The van der Waals surface area contributed by atoms with Gasteiger partial charge in [-0.15, -0.1) is 0 Å². The molecule has 1 aromatic heterocycles. The number of aromatic nitrogens is 2. The monoisotopic (exact) mass is 369 g/mol. The van der Waals surface area contributed by atoms with Crippen molar-refractivity contribution in [2.24, 2.45) is 0 Å². The fraction of sp³-hybridized carbons (Fsp3) is 0.250. The summed E-state index contributed by atoms with van der Waals surface area (Å²) in [5.74, 6) is 0.733. The second-order valence-corrected chi connectivity index (χ2v) is 6.96. The van der Waals surface area contributed by atoms with Crippen molar-refractivity contribution in [2.45, 2.75) is 20.0 Å². The van der Waals surface area contributed by atoms with Crippen molar-refractivity contribution >= 4 is 11.6 Å². The standard InChI is InChI=1S/C20H20ClN3O2/c1-13-18(23-12-22-13)11-24-5-6-26-20-16(10-24)7-15(9-19(20)25)14-3-2-4-17(21)8-14/h2-4,7-9,12,25H,5-6,10-11H2,1H3,(H,22,23). The number of phenols is 1. The molecular formula is C20H20ClN3O2. The quantitative estimate of drug-likeness (QED) is 0.728. The predicted octanol–water partition coefficient (Wildman–Crippen LogP) is 4.14. The molecule has 6 heteroatoms. The van der Waals surface area contributed by atoms with Crippen molar-refractivity contribution in [1.82, 2.24) is 14.9 Å². The van der Waals surface area contributed by atoms with E-state index in [1.165, 1.54) is 0 Å². The van der Waals surface area contributed by atoms with Crippen molar-refractivity contribution in [1.29, 1.82) is 0 Å². The van der Waals surface area contributed by atoms with Crippen LogP contribution in [0.25, 0.3) is 11.1 Å². The Balaban J connectivity index is 1.66. The number of nitrogens with one attached hydrogen (secondary N) is 1. The first-order chi connectivity index (χ1) is 12.6. The molecule has 0 atom stereocenters. The second-order valence-electron chi connectivity index (χ2n) is 6.52. The number of nitrogens with zero attached hydrogens (tertiary/aromatic N) is 2. The van der Waals surface area contributed by atoms with Crippen LogP contribution in [0.4, 0.5) is 0 Å². The van der Waals surface area contributed by atoms with Gasteiger partial charge in [0.05, 0.1) is 17.7 Å². The summed E-state index contributed by atoms with van der Waals surface area (Å²) in [5.41, 5.74) is 4.96. The van der Waals surface area contributed by atoms with E-state index in [0.717, 1.165) is 41.2 Å². The number of hydrogen-bond acceptors (Lipinski definition) is 4. The highest BCUT2D eigenvalue weighted by Gasteiger charge is 2.20. The third kappa shape index (κ3) is 3.41. The van der Waals surface area contributed by atoms with Crippen LogP contribution in [-0.4, -0.2) is 33.1 Å². The minimum atomic E-state index is 0.164. The van der Waals surface area contributed by atoms with E-state index in [1.807, 2.05) is 31.2 Å². The number of aryl methyl sites for hydroxylation is 1. The molecule has 26 heavy (non-hydrogen) atoms. The molecule has 3 aromatic rings. The van der Waals surface area contributed by atoms with Gasteiger partial charge in [-0.25, -0.2) is 4.98 Å². The van der Waals surface area contributed by atoms with E-state index in [4.69, 9.17) is 16.3 Å². The molecule has 0 spiro atoms. The smallest absolute Gasteiger partial charge is 0.165 e. The number of hydrogen-bond donors (Lipinski definition) is 2. The number of fused-ring (bicyclic) bond motifs is 1. The Morgan fingerprint density at radius 1 is 1.27 bits per heavy atom. The van der Waals surface area contributed by atoms with Crippen LogP contribution >= 0.6 is 11.6 Å². The Labute approximate surface area is 157 Å². The molecule has 0 saturated carbocycles. The molecule has 0 aliphatic carbocycles. The highest BCUT2D eigenvalue weighted by Crippen LogP contribution is 2.38. The van der Waals surface area contributed by atoms with Crippen molar-refractivity contribution in [3.05, 3.63) is 64.7 Å². The van der Waals surface area contributed by atoms with Crippen LogP contribution in [0.3, 0.4) is 0 Å². The van der Waals surface area contributed by atoms with Gasteiger partial charge in [0.25, 0.3) is 0 Å². The number of imidazole rings is 1. The number of phenolic OH excluding ortho intramolecular Hbond substituents is 1. The molecule has 0 radical (unpaired) electrons. The average molecular weight is 370 g/mol. The van der Waals surface area contributed by atoms with Gasteiger partial charge in [0, 0.05) is 30.2 Å². The van der Waals surface area contributed by atoms with Crippen LogP contribution in [-0.2, 0) is 13.1 Å². The predicted molar refractivity (Wildman–Crippen MR) is 101 cm³/mol. The van der Waals surface area contributed by atoms with Gasteiger partial charge in [-0.3, -0.25) is 4.90 Å². The second kappa shape index (κ2) is 7.02. The Morgan fingerprint density at radius 3 is 2.92 bits per heavy atom. The van der Waals surface area contributed by atoms with E-state index in [0.29, 0.717) is 23.9 Å². The molecule has 0 amide bonds. The van der Waals surface area contributed by atoms with Crippen LogP contribution in [0, 0.1) is 6.92 Å². The van der Waals surface area contributed by atoms with Crippen molar-refractivity contribution < 1.29 is 9.84 Å². The number of rotatable bonds is 3. The molecule has 134 valence electrons. The molecule has 0 saturated heterocycles. The lowest BCUT2D eigenvalue weighted by Crippen LogP contribution is -2.25. The van der Waals surface area contributed by atoms with Gasteiger partial charge in [0.15, 0.2) is 11.5 Å². The average Bonchev–Trinajstić information content (AvgIpc) is 2.89. The molecular weight excluding hydrogens is 350 g/mol. The first-order valence-electron chi connectivity index (χ1n) is 8.56. The molecule has 0 fully saturated rings. The zero-order valence-corrected chi connectivity index (χ0v) is 15.3. The number of halogens is 1. The van der Waals surface area contributed by atoms with Crippen LogP contribution in [0.1, 0.15) is 17.0 Å². The van der Waals surface area contributed by atoms with E-state index in [2.05, 4.69) is 20.9 Å². The summed E-state index contributed by atoms with van der Waals surface area (Å²) in [5, 5.41) is 11.2. The number of aromatic hydroxyl groups is 1. The number of ether oxygens (including phenoxy) is 1. The highest BCUT2D eigenvalue weighted by atomic mass is 35.5. The van der Waals surface area contributed by atoms with E-state index in [9.17, 15) is 5.11 Å². The van der Waals surface area contributed by atoms with Crippen LogP contribution in [0.5, 0.6) is 11.5 Å². The Bertz CT molecular complexity index is 939. The Kier molecular flexibility index (Phi) is 4.57. The zero-order valence-electron chi connectivity index (χ0n) is 14.5. The largest absolute Gasteiger partial charge is 0.504 e. The SMILES string of the molecule is Cc1nc[nH]c1CN1CCOc2c(O)cc(-c3cccc(Cl)c3)cc2C1. The molecule has 2 heterocycles. The van der Waals surface area contributed by atoms with Crippen LogP contribution < -0.4 is 4.74 Å². The van der Waals surface area contributed by atoms with Crippen molar-refractivity contribution in [2.75, 3.05) is 13.2 Å². The first kappa shape index (κ1) is 16.9. The van der Waals surface area contributed by atoms with Gasteiger partial charge in [-0.05, 0) is 42.3 Å². The van der Waals surface area contributed by atoms with E-state index in [-0.39, 0.29) is 5.75 Å². The zero-order chi connectivity index (χ0) is 18.1. The maximum absolute atomic E-state index is 10.5. The summed E-state index contributed by atoms with van der Waals surface area (Å²) >= 11 is 6.12. The van der Waals surface area contributed by atoms with Gasteiger partial charge >= 0.3 is 0 Å². The number of benzene rings is 2. The summed E-state index contributed by atoms with van der Waals surface area (Å²) in [6.45, 7) is 4.76. The topological polar surface area (TPSA) is 61.4 Å². The van der Waals surface area contributed by atoms with Crippen molar-refractivity contribution in [3.8, 4) is 22.6 Å². The minimum absolute atomic E-state index is 0.164. The summed E-state index contributed by atoms with van der Waals surface area (Å²) in [6.07, 6.45) is 1.72. The molecule has 0 unspecified atom stereocenters. The molecule has 1 aliphatic rings. The van der Waals surface area contributed by atoms with E-state index >= 15 is 0 Å². The molecule has 4 rings (SSSR count). The number of aromatic amines is 1. The molecule has 1 aliphatic heterocycles. The lowest BCUT2D eigenvalue weighted by Gasteiger charge is -2.19. The third-order valence-electron chi connectivity index (χ3n) is 4.67. The van der Waals surface area contributed by atoms with Crippen LogP contribution in [0.15, 0.2) is 42.7 Å². The summed E-state index contributed by atoms with van der Waals surface area (Å²) in [6, 6.07) is 11.4. The first-order valence-corrected chi connectivity index (χ1v) is 8.94. The lowest BCUT2D eigenvalue weighted by atomic mass is 10.0. The summed E-state index contributed by atoms with van der Waals surface area (Å²) in [4.78, 5) is 9.74. The van der Waals surface area contributed by atoms with Gasteiger partial charge in [0.1, 0.15) is 6.61 Å². The number of H-pyrrole nitrogens is 1. The molecule has 0 bridgehead atoms. The van der Waals surface area contributed by atoms with Gasteiger partial charge < -0.3 is 14.8 Å². The van der Waals surface area contributed by atoms with Crippen LogP contribution in [0.2, 0.25) is 5.02 Å².